The fraction of sp³-hybridized carbons (Fsp3) is 0.533. The van der Waals surface area contributed by atoms with Crippen LogP contribution in [0.3, 0.4) is 0 Å². The van der Waals surface area contributed by atoms with E-state index in [-0.39, 0.29) is 0 Å². The van der Waals surface area contributed by atoms with Gasteiger partial charge in [-0.1, -0.05) is 26.2 Å². The minimum absolute atomic E-state index is 0.799. The fourth-order valence-corrected chi connectivity index (χ4v) is 3.07. The van der Waals surface area contributed by atoms with E-state index in [4.69, 9.17) is 0 Å². The van der Waals surface area contributed by atoms with Gasteiger partial charge < -0.3 is 0 Å². The molecule has 0 aromatic carbocycles. The van der Waals surface area contributed by atoms with Crippen LogP contribution < -0.4 is 0 Å². The lowest BCUT2D eigenvalue weighted by Gasteiger charge is -2.04. The number of hydrogen-bond acceptors (Lipinski definition) is 4. The molecule has 0 spiro atoms. The van der Waals surface area contributed by atoms with Gasteiger partial charge in [-0.2, -0.15) is 0 Å². The number of hydrogen-bond donors (Lipinski definition) is 0. The van der Waals surface area contributed by atoms with Gasteiger partial charge >= 0.3 is 0 Å². The van der Waals surface area contributed by atoms with Gasteiger partial charge in [0, 0.05) is 0 Å². The third kappa shape index (κ3) is 3.83. The van der Waals surface area contributed by atoms with Crippen molar-refractivity contribution >= 4 is 11.3 Å². The van der Waals surface area contributed by atoms with E-state index in [2.05, 4.69) is 33.3 Å². The molecule has 0 bridgehead atoms. The van der Waals surface area contributed by atoms with Gasteiger partial charge in [0.15, 0.2) is 5.82 Å². The Morgan fingerprint density at radius 1 is 1.00 bits per heavy atom. The Morgan fingerprint density at radius 3 is 2.42 bits per heavy atom. The van der Waals surface area contributed by atoms with E-state index in [1.165, 1.54) is 36.1 Å². The summed E-state index contributed by atoms with van der Waals surface area (Å²) in [6.45, 7) is 6.09. The van der Waals surface area contributed by atoms with E-state index >= 15 is 0 Å². The summed E-state index contributed by atoms with van der Waals surface area (Å²) in [5.74, 6) is 2.44. The van der Waals surface area contributed by atoms with Crippen LogP contribution in [0.2, 0.25) is 0 Å². The van der Waals surface area contributed by atoms with Crippen molar-refractivity contribution in [3.05, 3.63) is 28.7 Å². The quantitative estimate of drug-likeness (QED) is 0.736. The van der Waals surface area contributed by atoms with Gasteiger partial charge in [0.25, 0.3) is 0 Å². The maximum absolute atomic E-state index is 4.47. The Labute approximate surface area is 119 Å². The SMILES string of the molecule is CCCCCCc1ccsc1-c1nc(C)nc(C)n1. The van der Waals surface area contributed by atoms with Crippen LogP contribution in [-0.2, 0) is 6.42 Å². The lowest BCUT2D eigenvalue weighted by atomic mass is 10.1. The van der Waals surface area contributed by atoms with Crippen LogP contribution in [0.4, 0.5) is 0 Å². The lowest BCUT2D eigenvalue weighted by molar-refractivity contribution is 0.667. The smallest absolute Gasteiger partial charge is 0.173 e. The monoisotopic (exact) mass is 275 g/mol. The first-order valence-electron chi connectivity index (χ1n) is 6.96. The second-order valence-corrected chi connectivity index (χ2v) is 5.76. The minimum atomic E-state index is 0.799. The normalized spacial score (nSPS) is 10.9. The average Bonchev–Trinajstić information content (AvgIpc) is 2.82. The van der Waals surface area contributed by atoms with Gasteiger partial charge in [0.2, 0.25) is 0 Å². The molecule has 102 valence electrons. The molecule has 2 heterocycles. The van der Waals surface area contributed by atoms with Crippen molar-refractivity contribution in [1.29, 1.82) is 0 Å². The fourth-order valence-electron chi connectivity index (χ4n) is 2.19. The molecule has 0 aliphatic carbocycles. The predicted molar refractivity (Wildman–Crippen MR) is 80.5 cm³/mol. The van der Waals surface area contributed by atoms with Crippen LogP contribution in [0.1, 0.15) is 49.8 Å². The number of thiophene rings is 1. The molecule has 3 nitrogen and oxygen atoms in total. The molecule has 0 aliphatic rings. The van der Waals surface area contributed by atoms with Crippen molar-refractivity contribution in [2.45, 2.75) is 52.9 Å². The number of nitrogens with zero attached hydrogens (tertiary/aromatic N) is 3. The highest BCUT2D eigenvalue weighted by atomic mass is 32.1. The van der Waals surface area contributed by atoms with Gasteiger partial charge in [-0.3, -0.25) is 0 Å². The Balaban J connectivity index is 2.14. The molecule has 0 radical (unpaired) electrons. The molecule has 0 fully saturated rings. The van der Waals surface area contributed by atoms with Crippen LogP contribution in [-0.4, -0.2) is 15.0 Å². The summed E-state index contributed by atoms with van der Waals surface area (Å²) < 4.78 is 0. The van der Waals surface area contributed by atoms with E-state index in [1.54, 1.807) is 11.3 Å². The van der Waals surface area contributed by atoms with Crippen molar-refractivity contribution in [1.82, 2.24) is 15.0 Å². The molecule has 0 N–H and O–H groups in total. The number of aromatic nitrogens is 3. The maximum Gasteiger partial charge on any atom is 0.173 e. The van der Waals surface area contributed by atoms with E-state index in [1.807, 2.05) is 13.8 Å². The predicted octanol–water partition coefficient (Wildman–Crippen LogP) is 4.34. The first kappa shape index (κ1) is 14.1. The molecule has 0 saturated heterocycles. The summed E-state index contributed by atoms with van der Waals surface area (Å²) in [6.07, 6.45) is 6.29. The van der Waals surface area contributed by atoms with Crippen molar-refractivity contribution in [2.24, 2.45) is 0 Å². The van der Waals surface area contributed by atoms with Gasteiger partial charge in [-0.15, -0.1) is 11.3 Å². The topological polar surface area (TPSA) is 38.7 Å². The molecule has 2 rings (SSSR count). The maximum atomic E-state index is 4.47. The molecule has 2 aromatic heterocycles. The molecule has 0 aliphatic heterocycles. The number of rotatable bonds is 6. The largest absolute Gasteiger partial charge is 0.219 e. The van der Waals surface area contributed by atoms with Gasteiger partial charge in [0.05, 0.1) is 4.88 Å². The van der Waals surface area contributed by atoms with E-state index in [0.717, 1.165) is 23.9 Å². The summed E-state index contributed by atoms with van der Waals surface area (Å²) in [7, 11) is 0. The number of unbranched alkanes of at least 4 members (excludes halogenated alkanes) is 3. The summed E-state index contributed by atoms with van der Waals surface area (Å²) in [5, 5.41) is 2.14. The molecule has 19 heavy (non-hydrogen) atoms. The average molecular weight is 275 g/mol. The van der Waals surface area contributed by atoms with Crippen molar-refractivity contribution < 1.29 is 0 Å². The third-order valence-corrected chi connectivity index (χ3v) is 4.06. The highest BCUT2D eigenvalue weighted by Gasteiger charge is 2.11. The molecule has 0 saturated carbocycles. The highest BCUT2D eigenvalue weighted by molar-refractivity contribution is 7.13. The third-order valence-electron chi connectivity index (χ3n) is 3.11. The van der Waals surface area contributed by atoms with Crippen LogP contribution in [0.5, 0.6) is 0 Å². The van der Waals surface area contributed by atoms with Crippen molar-refractivity contribution in [2.75, 3.05) is 0 Å². The molecule has 0 atom stereocenters. The Bertz CT molecular complexity index is 514. The summed E-state index contributed by atoms with van der Waals surface area (Å²) in [5.41, 5.74) is 1.38. The zero-order valence-electron chi connectivity index (χ0n) is 11.9. The van der Waals surface area contributed by atoms with Crippen LogP contribution in [0.15, 0.2) is 11.4 Å². The van der Waals surface area contributed by atoms with E-state index in [0.29, 0.717) is 0 Å². The Hall–Kier alpha value is -1.29. The highest BCUT2D eigenvalue weighted by Crippen LogP contribution is 2.28. The van der Waals surface area contributed by atoms with Gasteiger partial charge in [-0.05, 0) is 43.7 Å². The van der Waals surface area contributed by atoms with E-state index in [9.17, 15) is 0 Å². The van der Waals surface area contributed by atoms with Crippen LogP contribution in [0.25, 0.3) is 10.7 Å². The summed E-state index contributed by atoms with van der Waals surface area (Å²) in [4.78, 5) is 14.4. The first-order chi connectivity index (χ1) is 9.20. The zero-order chi connectivity index (χ0) is 13.7. The molecule has 4 heteroatoms. The molecular weight excluding hydrogens is 254 g/mol. The molecule has 0 unspecified atom stereocenters. The van der Waals surface area contributed by atoms with Crippen molar-refractivity contribution in [3.63, 3.8) is 0 Å². The minimum Gasteiger partial charge on any atom is -0.219 e. The summed E-state index contributed by atoms with van der Waals surface area (Å²) in [6, 6.07) is 2.21. The lowest BCUT2D eigenvalue weighted by Crippen LogP contribution is -1.99. The molecule has 0 amide bonds. The first-order valence-corrected chi connectivity index (χ1v) is 7.84. The van der Waals surface area contributed by atoms with Gasteiger partial charge in [-0.25, -0.2) is 15.0 Å². The standard InChI is InChI=1S/C15H21N3S/c1-4-5-6-7-8-13-9-10-19-14(13)15-17-11(2)16-12(3)18-15/h9-10H,4-8H2,1-3H3. The van der Waals surface area contributed by atoms with Crippen LogP contribution >= 0.6 is 11.3 Å². The second-order valence-electron chi connectivity index (χ2n) is 4.84. The second kappa shape index (κ2) is 6.75. The van der Waals surface area contributed by atoms with Crippen molar-refractivity contribution in [3.8, 4) is 10.7 Å². The number of aryl methyl sites for hydroxylation is 3. The van der Waals surface area contributed by atoms with Crippen LogP contribution in [0, 0.1) is 13.8 Å². The zero-order valence-corrected chi connectivity index (χ0v) is 12.8. The van der Waals surface area contributed by atoms with Gasteiger partial charge in [0.1, 0.15) is 11.6 Å². The molecule has 2 aromatic rings. The summed E-state index contributed by atoms with van der Waals surface area (Å²) >= 11 is 1.73. The Morgan fingerprint density at radius 2 is 1.74 bits per heavy atom. The Kier molecular flexibility index (Phi) is 5.02. The molecular formula is C15H21N3S. The van der Waals surface area contributed by atoms with E-state index < -0.39 is 0 Å².